The lowest BCUT2D eigenvalue weighted by Gasteiger charge is -2.42. The normalized spacial score (nSPS) is 32.1. The first-order valence-corrected chi connectivity index (χ1v) is 12.2. The Balaban J connectivity index is 1.71. The molecule has 4 rings (SSSR count). The largest absolute Gasteiger partial charge is 0.386 e. The van der Waals surface area contributed by atoms with Crippen LogP contribution in [0.4, 0.5) is 4.39 Å². The van der Waals surface area contributed by atoms with E-state index in [0.717, 1.165) is 0 Å². The third-order valence-electron chi connectivity index (χ3n) is 5.87. The first-order valence-electron chi connectivity index (χ1n) is 9.63. The third kappa shape index (κ3) is 3.44. The van der Waals surface area contributed by atoms with E-state index >= 15 is 4.39 Å². The van der Waals surface area contributed by atoms with E-state index in [-0.39, 0.29) is 11.6 Å². The number of halogens is 1. The number of sulfone groups is 1. The van der Waals surface area contributed by atoms with Gasteiger partial charge in [-0.25, -0.2) is 12.8 Å². The molecule has 4 atom stereocenters. The topological polar surface area (TPSA) is 109 Å². The quantitative estimate of drug-likeness (QED) is 0.760. The fourth-order valence-electron chi connectivity index (χ4n) is 4.03. The number of aromatic nitrogens is 1. The number of aliphatic imine (C=N–C) groups is 1. The summed E-state index contributed by atoms with van der Waals surface area (Å²) in [5, 5.41) is 8.36. The molecule has 6 nitrogen and oxygen atoms in total. The number of alkyl halides is 1. The number of nitrogens with zero attached hydrogens (tertiary/aromatic N) is 3. The molecular formula is C22H21FN4O2S2. The zero-order chi connectivity index (χ0) is 22.4. The average molecular weight is 457 g/mol. The van der Waals surface area contributed by atoms with Gasteiger partial charge in [0.25, 0.3) is 0 Å². The summed E-state index contributed by atoms with van der Waals surface area (Å²) in [5.41, 5.74) is 6.46. The van der Waals surface area contributed by atoms with Crippen molar-refractivity contribution >= 4 is 32.3 Å². The molecule has 160 valence electrons. The third-order valence-corrected chi connectivity index (χ3v) is 10.1. The molecule has 2 N–H and O–H groups in total. The van der Waals surface area contributed by atoms with Gasteiger partial charge < -0.3 is 5.73 Å². The van der Waals surface area contributed by atoms with E-state index in [1.54, 1.807) is 49.4 Å². The van der Waals surface area contributed by atoms with E-state index in [1.807, 2.05) is 0 Å². The molecule has 0 radical (unpaired) electrons. The summed E-state index contributed by atoms with van der Waals surface area (Å²) < 4.78 is 40.5. The van der Waals surface area contributed by atoms with Crippen LogP contribution in [-0.4, -0.2) is 42.0 Å². The Morgan fingerprint density at radius 1 is 1.26 bits per heavy atom. The Labute approximate surface area is 185 Å². The van der Waals surface area contributed by atoms with Crippen LogP contribution in [0.2, 0.25) is 0 Å². The second-order valence-electron chi connectivity index (χ2n) is 8.07. The highest BCUT2D eigenvalue weighted by Crippen LogP contribution is 2.49. The Kier molecular flexibility index (Phi) is 5.18. The van der Waals surface area contributed by atoms with Crippen LogP contribution in [0, 0.1) is 11.3 Å². The lowest BCUT2D eigenvalue weighted by molar-refractivity contribution is 0.325. The lowest BCUT2D eigenvalue weighted by Crippen LogP contribution is -2.59. The van der Waals surface area contributed by atoms with Gasteiger partial charge in [-0.2, -0.15) is 5.26 Å². The number of hydrogen-bond acceptors (Lipinski definition) is 7. The Hall–Kier alpha value is -2.70. The van der Waals surface area contributed by atoms with Crippen LogP contribution in [-0.2, 0) is 14.6 Å². The van der Waals surface area contributed by atoms with Crippen LogP contribution >= 0.6 is 11.8 Å². The second kappa shape index (κ2) is 7.46. The molecule has 0 amide bonds. The molecule has 4 unspecified atom stereocenters. The monoisotopic (exact) mass is 456 g/mol. The summed E-state index contributed by atoms with van der Waals surface area (Å²) in [6, 6.07) is 13.9. The van der Waals surface area contributed by atoms with Crippen LogP contribution in [0.25, 0.3) is 4.91 Å². The zero-order valence-corrected chi connectivity index (χ0v) is 18.6. The number of nitrogens with two attached hydrogens (primary N) is 1. The van der Waals surface area contributed by atoms with Crippen molar-refractivity contribution in [1.29, 1.82) is 5.26 Å². The summed E-state index contributed by atoms with van der Waals surface area (Å²) in [7, 11) is -3.85. The van der Waals surface area contributed by atoms with Gasteiger partial charge in [0.15, 0.2) is 14.6 Å². The second-order valence-corrected chi connectivity index (χ2v) is 11.6. The maximum atomic E-state index is 15.2. The van der Waals surface area contributed by atoms with E-state index in [4.69, 9.17) is 11.0 Å². The number of allylic oxidation sites excluding steroid dienone is 1. The highest BCUT2D eigenvalue weighted by molar-refractivity contribution is 8.09. The Morgan fingerprint density at radius 3 is 2.68 bits per heavy atom. The molecule has 0 aliphatic carbocycles. The minimum absolute atomic E-state index is 0.0901. The maximum Gasteiger partial charge on any atom is 0.171 e. The first-order chi connectivity index (χ1) is 14.6. The van der Waals surface area contributed by atoms with Crippen molar-refractivity contribution in [2.45, 2.75) is 35.6 Å². The standard InChI is InChI=1S/C22H21FN4O2S2/c1-21(19-16(23)11-17(30-19)15-7-5-6-14(10-15)12-24)13-31(28,29)22(2,20(25)27-21)18-8-3-4-9-26-18/h3-11,16,19H,13H2,1-2H3,(H2,25,27). The van der Waals surface area contributed by atoms with Crippen LogP contribution < -0.4 is 5.73 Å². The number of amidine groups is 1. The average Bonchev–Trinajstić information content (AvgIpc) is 3.15. The van der Waals surface area contributed by atoms with E-state index < -0.39 is 31.5 Å². The molecule has 1 aromatic heterocycles. The Morgan fingerprint density at radius 2 is 2.03 bits per heavy atom. The molecule has 2 aliphatic heterocycles. The van der Waals surface area contributed by atoms with Crippen LogP contribution in [0.3, 0.4) is 0 Å². The van der Waals surface area contributed by atoms with Crippen molar-refractivity contribution in [3.63, 3.8) is 0 Å². The van der Waals surface area contributed by atoms with Gasteiger partial charge in [0.2, 0.25) is 0 Å². The van der Waals surface area contributed by atoms with Gasteiger partial charge in [0.1, 0.15) is 12.0 Å². The van der Waals surface area contributed by atoms with Crippen molar-refractivity contribution in [1.82, 2.24) is 4.98 Å². The number of thioether (sulfide) groups is 1. The van der Waals surface area contributed by atoms with Gasteiger partial charge >= 0.3 is 0 Å². The van der Waals surface area contributed by atoms with Crippen molar-refractivity contribution in [3.8, 4) is 6.07 Å². The van der Waals surface area contributed by atoms with E-state index in [9.17, 15) is 8.42 Å². The molecule has 0 spiro atoms. The van der Waals surface area contributed by atoms with Crippen LogP contribution in [0.1, 0.15) is 30.7 Å². The zero-order valence-electron chi connectivity index (χ0n) is 17.0. The summed E-state index contributed by atoms with van der Waals surface area (Å²) >= 11 is 1.23. The first kappa shape index (κ1) is 21.5. The number of hydrogen-bond donors (Lipinski definition) is 1. The molecule has 2 aliphatic rings. The molecule has 0 bridgehead atoms. The van der Waals surface area contributed by atoms with Crippen molar-refractivity contribution in [2.24, 2.45) is 10.7 Å². The highest BCUT2D eigenvalue weighted by atomic mass is 32.2. The maximum absolute atomic E-state index is 15.2. The van der Waals surface area contributed by atoms with Gasteiger partial charge in [0.05, 0.1) is 33.9 Å². The summed E-state index contributed by atoms with van der Waals surface area (Å²) in [5.74, 6) is -0.446. The van der Waals surface area contributed by atoms with Crippen molar-refractivity contribution < 1.29 is 12.8 Å². The summed E-state index contributed by atoms with van der Waals surface area (Å²) in [4.78, 5) is 9.41. The lowest BCUT2D eigenvalue weighted by atomic mass is 9.94. The van der Waals surface area contributed by atoms with Gasteiger partial charge in [-0.15, -0.1) is 11.8 Å². The van der Waals surface area contributed by atoms with E-state index in [1.165, 1.54) is 31.0 Å². The minimum atomic E-state index is -3.85. The smallest absolute Gasteiger partial charge is 0.171 e. The van der Waals surface area contributed by atoms with Gasteiger partial charge in [-0.1, -0.05) is 18.2 Å². The fourth-order valence-corrected chi connectivity index (χ4v) is 7.59. The van der Waals surface area contributed by atoms with Crippen LogP contribution in [0.5, 0.6) is 0 Å². The fraction of sp³-hybridized carbons (Fsp3) is 0.318. The highest BCUT2D eigenvalue weighted by Gasteiger charge is 2.57. The van der Waals surface area contributed by atoms with Crippen LogP contribution in [0.15, 0.2) is 59.7 Å². The minimum Gasteiger partial charge on any atom is -0.386 e. The molecule has 31 heavy (non-hydrogen) atoms. The molecular weight excluding hydrogens is 435 g/mol. The predicted molar refractivity (Wildman–Crippen MR) is 121 cm³/mol. The SMILES string of the molecule is CC1(C2SC(c3cccc(C#N)c3)=CC2F)CS(=O)(=O)C(C)(c2ccccn2)C(N)=N1. The molecule has 0 fully saturated rings. The summed E-state index contributed by atoms with van der Waals surface area (Å²) in [6.45, 7) is 3.12. The van der Waals surface area contributed by atoms with Gasteiger partial charge in [0, 0.05) is 11.1 Å². The van der Waals surface area contributed by atoms with E-state index in [2.05, 4.69) is 16.0 Å². The summed E-state index contributed by atoms with van der Waals surface area (Å²) in [6.07, 6.45) is 1.55. The molecule has 0 saturated carbocycles. The molecule has 9 heteroatoms. The van der Waals surface area contributed by atoms with Crippen molar-refractivity contribution in [2.75, 3.05) is 5.75 Å². The molecule has 0 saturated heterocycles. The number of rotatable bonds is 3. The Bertz CT molecular complexity index is 1240. The molecule has 2 aromatic rings. The van der Waals surface area contributed by atoms with E-state index in [0.29, 0.717) is 21.7 Å². The molecule has 1 aromatic carbocycles. The number of benzene rings is 1. The predicted octanol–water partition coefficient (Wildman–Crippen LogP) is 3.21. The van der Waals surface area contributed by atoms with Gasteiger partial charge in [-0.05, 0) is 49.8 Å². The molecule has 3 heterocycles. The van der Waals surface area contributed by atoms with Crippen molar-refractivity contribution in [3.05, 3.63) is 71.6 Å². The number of pyridine rings is 1. The number of nitriles is 1. The van der Waals surface area contributed by atoms with Gasteiger partial charge in [-0.3, -0.25) is 9.98 Å².